The fraction of sp³-hybridized carbons (Fsp3) is 0.867. The molecule has 3 N–H and O–H groups in total. The second kappa shape index (κ2) is 9.75. The number of hydrogen-bond acceptors (Lipinski definition) is 3. The van der Waals surface area contributed by atoms with E-state index in [1.807, 2.05) is 0 Å². The van der Waals surface area contributed by atoms with Crippen molar-refractivity contribution in [1.82, 2.24) is 10.2 Å². The van der Waals surface area contributed by atoms with Crippen molar-refractivity contribution in [3.63, 3.8) is 0 Å². The van der Waals surface area contributed by atoms with E-state index in [9.17, 15) is 9.59 Å². The summed E-state index contributed by atoms with van der Waals surface area (Å²) in [7, 11) is 0. The van der Waals surface area contributed by atoms with Crippen LogP contribution in [-0.2, 0) is 9.59 Å². The van der Waals surface area contributed by atoms with Crippen LogP contribution in [0.25, 0.3) is 0 Å². The molecule has 0 aromatic heterocycles. The maximum absolute atomic E-state index is 12.2. The minimum Gasteiger partial charge on any atom is -0.354 e. The van der Waals surface area contributed by atoms with Crippen LogP contribution in [-0.4, -0.2) is 42.4 Å². The molecule has 20 heavy (non-hydrogen) atoms. The van der Waals surface area contributed by atoms with Crippen LogP contribution in [0.2, 0.25) is 0 Å². The van der Waals surface area contributed by atoms with Gasteiger partial charge in [-0.05, 0) is 38.6 Å². The Labute approximate surface area is 122 Å². The lowest BCUT2D eigenvalue weighted by molar-refractivity contribution is -0.142. The lowest BCUT2D eigenvalue weighted by Crippen LogP contribution is -2.52. The molecule has 0 aromatic rings. The van der Waals surface area contributed by atoms with Crippen molar-refractivity contribution in [2.24, 2.45) is 5.73 Å². The summed E-state index contributed by atoms with van der Waals surface area (Å²) in [6, 6.07) is -0.268. The molecule has 0 unspecified atom stereocenters. The number of rotatable bonds is 8. The van der Waals surface area contributed by atoms with Gasteiger partial charge in [0.05, 0.1) is 0 Å². The molecule has 0 aliphatic carbocycles. The SMILES string of the molecule is CCCCCC(=O)N1CCCC[C@H]1C(=O)NCCCN. The van der Waals surface area contributed by atoms with Crippen molar-refractivity contribution in [3.05, 3.63) is 0 Å². The van der Waals surface area contributed by atoms with Gasteiger partial charge in [0.15, 0.2) is 0 Å². The van der Waals surface area contributed by atoms with Gasteiger partial charge in [0, 0.05) is 19.5 Å². The van der Waals surface area contributed by atoms with Crippen molar-refractivity contribution >= 4 is 11.8 Å². The zero-order valence-corrected chi connectivity index (χ0v) is 12.7. The van der Waals surface area contributed by atoms with Crippen LogP contribution in [0.3, 0.4) is 0 Å². The molecule has 0 aromatic carbocycles. The Bertz CT molecular complexity index is 277. The topological polar surface area (TPSA) is 75.4 Å². The number of likely N-dealkylation sites (tertiary alicyclic amines) is 1. The Balaban J connectivity index is 2.48. The van der Waals surface area contributed by atoms with Crippen molar-refractivity contribution < 1.29 is 9.59 Å². The lowest BCUT2D eigenvalue weighted by atomic mass is 10.00. The van der Waals surface area contributed by atoms with Gasteiger partial charge in [-0.25, -0.2) is 0 Å². The number of hydrogen-bond donors (Lipinski definition) is 2. The monoisotopic (exact) mass is 283 g/mol. The van der Waals surface area contributed by atoms with Crippen molar-refractivity contribution in [2.75, 3.05) is 19.6 Å². The van der Waals surface area contributed by atoms with Crippen LogP contribution < -0.4 is 11.1 Å². The van der Waals surface area contributed by atoms with Crippen molar-refractivity contribution in [2.45, 2.75) is 64.3 Å². The van der Waals surface area contributed by atoms with Crippen LogP contribution in [0.15, 0.2) is 0 Å². The van der Waals surface area contributed by atoms with Gasteiger partial charge in [0.25, 0.3) is 0 Å². The Hall–Kier alpha value is -1.10. The highest BCUT2D eigenvalue weighted by atomic mass is 16.2. The number of nitrogens with zero attached hydrogens (tertiary/aromatic N) is 1. The summed E-state index contributed by atoms with van der Waals surface area (Å²) in [6.45, 7) is 4.02. The molecule has 1 aliphatic rings. The summed E-state index contributed by atoms with van der Waals surface area (Å²) in [5.74, 6) is 0.124. The predicted molar refractivity (Wildman–Crippen MR) is 80.2 cm³/mol. The smallest absolute Gasteiger partial charge is 0.242 e. The molecule has 1 aliphatic heterocycles. The van der Waals surface area contributed by atoms with E-state index in [0.29, 0.717) is 19.5 Å². The quantitative estimate of drug-likeness (QED) is 0.661. The maximum atomic E-state index is 12.2. The summed E-state index contributed by atoms with van der Waals surface area (Å²) in [5.41, 5.74) is 5.42. The van der Waals surface area contributed by atoms with Gasteiger partial charge in [-0.2, -0.15) is 0 Å². The minimum atomic E-state index is -0.268. The molecule has 2 amide bonds. The molecular weight excluding hydrogens is 254 g/mol. The number of nitrogens with two attached hydrogens (primary N) is 1. The Kier molecular flexibility index (Phi) is 8.26. The molecule has 0 saturated carbocycles. The molecule has 1 rings (SSSR count). The molecule has 1 atom stereocenters. The molecule has 5 nitrogen and oxygen atoms in total. The molecule has 0 radical (unpaired) electrons. The first-order valence-corrected chi connectivity index (χ1v) is 7.98. The van der Waals surface area contributed by atoms with Gasteiger partial charge < -0.3 is 16.0 Å². The van der Waals surface area contributed by atoms with Gasteiger partial charge in [0.2, 0.25) is 11.8 Å². The summed E-state index contributed by atoms with van der Waals surface area (Å²) >= 11 is 0. The van der Waals surface area contributed by atoms with E-state index < -0.39 is 0 Å². The number of carbonyl (C=O) groups is 2. The van der Waals surface area contributed by atoms with Gasteiger partial charge in [0.1, 0.15) is 6.04 Å². The summed E-state index contributed by atoms with van der Waals surface area (Å²) in [6.07, 6.45) is 7.27. The summed E-state index contributed by atoms with van der Waals surface area (Å²) in [4.78, 5) is 26.2. The summed E-state index contributed by atoms with van der Waals surface area (Å²) in [5, 5.41) is 2.89. The number of unbranched alkanes of at least 4 members (excludes halogenated alkanes) is 2. The number of amides is 2. The summed E-state index contributed by atoms with van der Waals surface area (Å²) < 4.78 is 0. The minimum absolute atomic E-state index is 0.0120. The van der Waals surface area contributed by atoms with Gasteiger partial charge in [-0.15, -0.1) is 0 Å². The molecule has 1 saturated heterocycles. The van der Waals surface area contributed by atoms with E-state index in [0.717, 1.165) is 51.5 Å². The van der Waals surface area contributed by atoms with Gasteiger partial charge in [-0.3, -0.25) is 9.59 Å². The molecule has 1 heterocycles. The zero-order chi connectivity index (χ0) is 14.8. The molecule has 0 spiro atoms. The molecule has 0 bridgehead atoms. The van der Waals surface area contributed by atoms with Crippen molar-refractivity contribution in [3.8, 4) is 0 Å². The second-order valence-electron chi connectivity index (χ2n) is 5.49. The van der Waals surface area contributed by atoms with E-state index in [1.165, 1.54) is 0 Å². The van der Waals surface area contributed by atoms with E-state index in [-0.39, 0.29) is 17.9 Å². The predicted octanol–water partition coefficient (Wildman–Crippen LogP) is 1.41. The largest absolute Gasteiger partial charge is 0.354 e. The first kappa shape index (κ1) is 17.0. The first-order valence-electron chi connectivity index (χ1n) is 7.98. The Morgan fingerprint density at radius 1 is 1.25 bits per heavy atom. The molecular formula is C15H29N3O2. The van der Waals surface area contributed by atoms with Crippen LogP contribution in [0, 0.1) is 0 Å². The standard InChI is InChI=1S/C15H29N3O2/c1-2-3-4-9-14(19)18-12-6-5-8-13(18)15(20)17-11-7-10-16/h13H,2-12,16H2,1H3,(H,17,20)/t13-/m0/s1. The van der Waals surface area contributed by atoms with Gasteiger partial charge >= 0.3 is 0 Å². The number of nitrogens with one attached hydrogen (secondary N) is 1. The average Bonchev–Trinajstić information content (AvgIpc) is 2.47. The number of piperidine rings is 1. The highest BCUT2D eigenvalue weighted by Gasteiger charge is 2.31. The third kappa shape index (κ3) is 5.49. The van der Waals surface area contributed by atoms with Crippen LogP contribution >= 0.6 is 0 Å². The lowest BCUT2D eigenvalue weighted by Gasteiger charge is -2.34. The third-order valence-electron chi connectivity index (χ3n) is 3.80. The second-order valence-corrected chi connectivity index (χ2v) is 5.49. The van der Waals surface area contributed by atoms with E-state index in [2.05, 4.69) is 12.2 Å². The van der Waals surface area contributed by atoms with E-state index >= 15 is 0 Å². The van der Waals surface area contributed by atoms with E-state index in [4.69, 9.17) is 5.73 Å². The average molecular weight is 283 g/mol. The highest BCUT2D eigenvalue weighted by Crippen LogP contribution is 2.19. The Morgan fingerprint density at radius 2 is 2.05 bits per heavy atom. The van der Waals surface area contributed by atoms with Crippen LogP contribution in [0.4, 0.5) is 0 Å². The normalized spacial score (nSPS) is 18.9. The molecule has 116 valence electrons. The van der Waals surface area contributed by atoms with E-state index in [1.54, 1.807) is 4.90 Å². The Morgan fingerprint density at radius 3 is 2.75 bits per heavy atom. The van der Waals surface area contributed by atoms with Crippen molar-refractivity contribution in [1.29, 1.82) is 0 Å². The number of carbonyl (C=O) groups excluding carboxylic acids is 2. The maximum Gasteiger partial charge on any atom is 0.242 e. The molecule has 5 heteroatoms. The first-order chi connectivity index (χ1) is 9.70. The van der Waals surface area contributed by atoms with Crippen LogP contribution in [0.1, 0.15) is 58.3 Å². The van der Waals surface area contributed by atoms with Gasteiger partial charge in [-0.1, -0.05) is 19.8 Å². The highest BCUT2D eigenvalue weighted by molar-refractivity contribution is 5.87. The zero-order valence-electron chi connectivity index (χ0n) is 12.7. The fourth-order valence-electron chi connectivity index (χ4n) is 2.60. The van der Waals surface area contributed by atoms with Crippen LogP contribution in [0.5, 0.6) is 0 Å². The fourth-order valence-corrected chi connectivity index (χ4v) is 2.60. The molecule has 1 fully saturated rings. The third-order valence-corrected chi connectivity index (χ3v) is 3.80.